The number of rotatable bonds is 2. The lowest BCUT2D eigenvalue weighted by Crippen LogP contribution is -1.86. The van der Waals surface area contributed by atoms with Crippen LogP contribution in [-0.2, 0) is 0 Å². The molecule has 0 bridgehead atoms. The molecule has 4 heteroatoms. The number of hydrogen-bond acceptors (Lipinski definition) is 4. The molecule has 0 atom stereocenters. The molecule has 1 aliphatic heterocycles. The van der Waals surface area contributed by atoms with Crippen LogP contribution < -0.4 is 5.32 Å². The van der Waals surface area contributed by atoms with Crippen molar-refractivity contribution >= 4 is 55.9 Å². The quantitative estimate of drug-likeness (QED) is 0.441. The van der Waals surface area contributed by atoms with Crippen molar-refractivity contribution in [3.8, 4) is 0 Å². The fraction of sp³-hybridized carbons (Fsp3) is 0. The SMILES string of the molecule is C(=Cc1nc2c(ccc3ccccc32)s1)C=C1Nc2ccccc2S1. The molecule has 1 N–H and O–H groups in total. The Kier molecular flexibility index (Phi) is 3.58. The van der Waals surface area contributed by atoms with Crippen LogP contribution in [0.15, 0.2) is 82.7 Å². The summed E-state index contributed by atoms with van der Waals surface area (Å²) in [6.45, 7) is 0. The van der Waals surface area contributed by atoms with E-state index >= 15 is 0 Å². The number of para-hydroxylation sites is 1. The van der Waals surface area contributed by atoms with Crippen molar-refractivity contribution < 1.29 is 0 Å². The summed E-state index contributed by atoms with van der Waals surface area (Å²) in [7, 11) is 0. The number of thiazole rings is 1. The first-order valence-electron chi connectivity index (χ1n) is 8.07. The molecule has 0 aliphatic carbocycles. The van der Waals surface area contributed by atoms with E-state index in [1.54, 1.807) is 23.1 Å². The van der Waals surface area contributed by atoms with Gasteiger partial charge in [-0.3, -0.25) is 0 Å². The first kappa shape index (κ1) is 14.8. The van der Waals surface area contributed by atoms with Gasteiger partial charge in [0.05, 0.1) is 20.9 Å². The van der Waals surface area contributed by atoms with E-state index in [4.69, 9.17) is 4.98 Å². The van der Waals surface area contributed by atoms with E-state index in [1.807, 2.05) is 0 Å². The highest BCUT2D eigenvalue weighted by Gasteiger charge is 2.13. The zero-order chi connectivity index (χ0) is 16.6. The van der Waals surface area contributed by atoms with Gasteiger partial charge < -0.3 is 5.32 Å². The summed E-state index contributed by atoms with van der Waals surface area (Å²) < 4.78 is 1.23. The van der Waals surface area contributed by atoms with Crippen LogP contribution in [0.1, 0.15) is 5.01 Å². The first-order chi connectivity index (χ1) is 12.4. The Hall–Kier alpha value is -2.56. The molecular formula is C21H14N2S2. The van der Waals surface area contributed by atoms with Crippen LogP contribution in [0.2, 0.25) is 0 Å². The summed E-state index contributed by atoms with van der Waals surface area (Å²) in [5, 5.41) is 8.06. The highest BCUT2D eigenvalue weighted by Crippen LogP contribution is 2.40. The molecule has 2 heterocycles. The molecule has 0 fully saturated rings. The van der Waals surface area contributed by atoms with Gasteiger partial charge >= 0.3 is 0 Å². The highest BCUT2D eigenvalue weighted by molar-refractivity contribution is 8.03. The molecule has 1 aromatic heterocycles. The summed E-state index contributed by atoms with van der Waals surface area (Å²) in [6.07, 6.45) is 6.26. The smallest absolute Gasteiger partial charge is 0.117 e. The molecular weight excluding hydrogens is 344 g/mol. The van der Waals surface area contributed by atoms with E-state index in [2.05, 4.69) is 84.2 Å². The van der Waals surface area contributed by atoms with Gasteiger partial charge in [0.25, 0.3) is 0 Å². The van der Waals surface area contributed by atoms with E-state index in [9.17, 15) is 0 Å². The van der Waals surface area contributed by atoms with E-state index in [1.165, 1.54) is 26.1 Å². The molecule has 5 rings (SSSR count). The second-order valence-electron chi connectivity index (χ2n) is 5.80. The average Bonchev–Trinajstić information content (AvgIpc) is 3.25. The van der Waals surface area contributed by atoms with Crippen LogP contribution >= 0.6 is 23.1 Å². The summed E-state index contributed by atoms with van der Waals surface area (Å²) in [4.78, 5) is 6.09. The number of fused-ring (bicyclic) bond motifs is 4. The molecule has 120 valence electrons. The van der Waals surface area contributed by atoms with Gasteiger partial charge in [-0.1, -0.05) is 60.3 Å². The molecule has 0 unspecified atom stereocenters. The third-order valence-electron chi connectivity index (χ3n) is 4.15. The summed E-state index contributed by atoms with van der Waals surface area (Å²) >= 11 is 3.49. The number of benzene rings is 3. The Balaban J connectivity index is 1.44. The average molecular weight is 358 g/mol. The van der Waals surface area contributed by atoms with Gasteiger partial charge in [-0.15, -0.1) is 11.3 Å². The zero-order valence-electron chi connectivity index (χ0n) is 13.3. The van der Waals surface area contributed by atoms with Gasteiger partial charge in [0.2, 0.25) is 0 Å². The summed E-state index contributed by atoms with van der Waals surface area (Å²) in [5.41, 5.74) is 2.27. The normalized spacial score (nSPS) is 15.3. The number of nitrogens with zero attached hydrogens (tertiary/aromatic N) is 1. The Morgan fingerprint density at radius 3 is 2.76 bits per heavy atom. The molecule has 25 heavy (non-hydrogen) atoms. The summed E-state index contributed by atoms with van der Waals surface area (Å²) in [5.74, 6) is 0. The van der Waals surface area contributed by atoms with Crippen molar-refractivity contribution in [3.05, 3.63) is 82.9 Å². The Morgan fingerprint density at radius 2 is 1.80 bits per heavy atom. The van der Waals surface area contributed by atoms with Gasteiger partial charge in [0.15, 0.2) is 0 Å². The second-order valence-corrected chi connectivity index (χ2v) is 7.94. The number of hydrogen-bond donors (Lipinski definition) is 1. The maximum atomic E-state index is 4.82. The third-order valence-corrected chi connectivity index (χ3v) is 6.17. The second kappa shape index (κ2) is 6.06. The van der Waals surface area contributed by atoms with Crippen molar-refractivity contribution in [2.24, 2.45) is 0 Å². The van der Waals surface area contributed by atoms with Crippen LogP contribution in [0.5, 0.6) is 0 Å². The molecule has 2 nitrogen and oxygen atoms in total. The Labute approximate surface area is 153 Å². The van der Waals surface area contributed by atoms with E-state index in [0.29, 0.717) is 0 Å². The van der Waals surface area contributed by atoms with Crippen molar-refractivity contribution in [1.82, 2.24) is 4.98 Å². The lowest BCUT2D eigenvalue weighted by molar-refractivity contribution is 1.46. The number of allylic oxidation sites excluding steroid dienone is 2. The third kappa shape index (κ3) is 2.73. The monoisotopic (exact) mass is 358 g/mol. The highest BCUT2D eigenvalue weighted by atomic mass is 32.2. The van der Waals surface area contributed by atoms with Gasteiger partial charge in [-0.05, 0) is 35.7 Å². The summed E-state index contributed by atoms with van der Waals surface area (Å²) in [6, 6.07) is 21.1. The van der Waals surface area contributed by atoms with Crippen molar-refractivity contribution in [2.45, 2.75) is 4.90 Å². The predicted molar refractivity (Wildman–Crippen MR) is 110 cm³/mol. The number of aromatic nitrogens is 1. The lowest BCUT2D eigenvalue weighted by Gasteiger charge is -1.96. The van der Waals surface area contributed by atoms with Crippen LogP contribution in [0.3, 0.4) is 0 Å². The molecule has 0 spiro atoms. The van der Waals surface area contributed by atoms with Crippen LogP contribution in [0.25, 0.3) is 27.1 Å². The van der Waals surface area contributed by atoms with Crippen LogP contribution in [0.4, 0.5) is 5.69 Å². The lowest BCUT2D eigenvalue weighted by atomic mass is 10.1. The molecule has 0 saturated carbocycles. The largest absolute Gasteiger partial charge is 0.349 e. The van der Waals surface area contributed by atoms with Crippen molar-refractivity contribution in [3.63, 3.8) is 0 Å². The van der Waals surface area contributed by atoms with Gasteiger partial charge in [0, 0.05) is 10.3 Å². The van der Waals surface area contributed by atoms with Crippen molar-refractivity contribution in [1.29, 1.82) is 0 Å². The van der Waals surface area contributed by atoms with Gasteiger partial charge in [-0.25, -0.2) is 4.98 Å². The Morgan fingerprint density at radius 1 is 0.920 bits per heavy atom. The minimum Gasteiger partial charge on any atom is -0.349 e. The topological polar surface area (TPSA) is 24.9 Å². The first-order valence-corrected chi connectivity index (χ1v) is 9.71. The van der Waals surface area contributed by atoms with Gasteiger partial charge in [0.1, 0.15) is 5.01 Å². The molecule has 0 amide bonds. The molecule has 3 aromatic carbocycles. The van der Waals surface area contributed by atoms with Gasteiger partial charge in [-0.2, -0.15) is 0 Å². The maximum Gasteiger partial charge on any atom is 0.117 e. The Bertz CT molecular complexity index is 1130. The van der Waals surface area contributed by atoms with E-state index < -0.39 is 0 Å². The molecule has 1 aliphatic rings. The van der Waals surface area contributed by atoms with E-state index in [-0.39, 0.29) is 0 Å². The standard InChI is InChI=1S/C21H14N2S2/c1-2-7-15-14(6-1)12-13-18-21(15)23-20(25-18)11-5-10-19-22-16-8-3-4-9-17(16)24-19/h1-13,22H. The molecule has 4 aromatic rings. The minimum atomic E-state index is 1.03. The molecule has 0 radical (unpaired) electrons. The number of anilines is 1. The minimum absolute atomic E-state index is 1.03. The number of thioether (sulfide) groups is 1. The van der Waals surface area contributed by atoms with Crippen LogP contribution in [0, 0.1) is 0 Å². The maximum absolute atomic E-state index is 4.82. The molecule has 0 saturated heterocycles. The zero-order valence-corrected chi connectivity index (χ0v) is 14.9. The van der Waals surface area contributed by atoms with Crippen molar-refractivity contribution in [2.75, 3.05) is 5.32 Å². The van der Waals surface area contributed by atoms with Crippen LogP contribution in [-0.4, -0.2) is 4.98 Å². The number of nitrogens with one attached hydrogen (secondary N) is 1. The van der Waals surface area contributed by atoms with E-state index in [0.717, 1.165) is 15.6 Å². The fourth-order valence-electron chi connectivity index (χ4n) is 2.98. The predicted octanol–water partition coefficient (Wildman–Crippen LogP) is 6.52. The fourth-order valence-corrected chi connectivity index (χ4v) is 4.80.